The second kappa shape index (κ2) is 8.56. The van der Waals surface area contributed by atoms with Crippen LogP contribution in [0, 0.1) is 0 Å². The highest BCUT2D eigenvalue weighted by atomic mass is 32.2. The van der Waals surface area contributed by atoms with Crippen LogP contribution in [-0.4, -0.2) is 50.3 Å². The standard InChI is InChI=1S/C19H25N5O2S/c1-4-24(5-2)18(26)14-8-10-15(11-9-14)20-16(25)12-27-19-22-21-17(23(19)3)13-6-7-13/h8-11,13H,4-7,12H2,1-3H3,(H,20,25). The summed E-state index contributed by atoms with van der Waals surface area (Å²) in [5.41, 5.74) is 1.30. The molecule has 0 bridgehead atoms. The maximum Gasteiger partial charge on any atom is 0.253 e. The second-order valence-electron chi connectivity index (χ2n) is 6.57. The van der Waals surface area contributed by atoms with E-state index in [9.17, 15) is 9.59 Å². The predicted octanol–water partition coefficient (Wildman–Crippen LogP) is 2.91. The van der Waals surface area contributed by atoms with Crippen molar-refractivity contribution in [3.05, 3.63) is 35.7 Å². The summed E-state index contributed by atoms with van der Waals surface area (Å²) < 4.78 is 1.98. The fraction of sp³-hybridized carbons (Fsp3) is 0.474. The first kappa shape index (κ1) is 19.4. The van der Waals surface area contributed by atoms with Gasteiger partial charge in [-0.25, -0.2) is 0 Å². The van der Waals surface area contributed by atoms with E-state index in [1.807, 2.05) is 25.5 Å². The van der Waals surface area contributed by atoms with E-state index in [0.717, 1.165) is 11.0 Å². The molecule has 27 heavy (non-hydrogen) atoms. The van der Waals surface area contributed by atoms with Crippen LogP contribution in [0.2, 0.25) is 0 Å². The van der Waals surface area contributed by atoms with Gasteiger partial charge in [-0.15, -0.1) is 10.2 Å². The number of amides is 2. The molecule has 1 saturated carbocycles. The van der Waals surface area contributed by atoms with Crippen molar-refractivity contribution >= 4 is 29.3 Å². The number of aromatic nitrogens is 3. The number of carbonyl (C=O) groups excluding carboxylic acids is 2. The summed E-state index contributed by atoms with van der Waals surface area (Å²) in [5.74, 6) is 1.69. The lowest BCUT2D eigenvalue weighted by atomic mass is 10.2. The SMILES string of the molecule is CCN(CC)C(=O)c1ccc(NC(=O)CSc2nnc(C3CC3)n2C)cc1. The van der Waals surface area contributed by atoms with Gasteiger partial charge in [-0.3, -0.25) is 9.59 Å². The average molecular weight is 388 g/mol. The van der Waals surface area contributed by atoms with Gasteiger partial charge in [0.1, 0.15) is 5.82 Å². The van der Waals surface area contributed by atoms with Crippen LogP contribution in [-0.2, 0) is 11.8 Å². The molecule has 144 valence electrons. The van der Waals surface area contributed by atoms with Crippen LogP contribution in [0.1, 0.15) is 48.8 Å². The number of nitrogens with zero attached hydrogens (tertiary/aromatic N) is 4. The fourth-order valence-corrected chi connectivity index (χ4v) is 3.58. The van der Waals surface area contributed by atoms with Gasteiger partial charge in [0.25, 0.3) is 5.91 Å². The third-order valence-corrected chi connectivity index (χ3v) is 5.63. The van der Waals surface area contributed by atoms with Crippen molar-refractivity contribution in [1.29, 1.82) is 0 Å². The molecular weight excluding hydrogens is 362 g/mol. The third kappa shape index (κ3) is 4.68. The van der Waals surface area contributed by atoms with Gasteiger partial charge in [-0.1, -0.05) is 11.8 Å². The zero-order chi connectivity index (χ0) is 19.4. The first-order chi connectivity index (χ1) is 13.0. The molecule has 7 nitrogen and oxygen atoms in total. The Labute approximate surface area is 163 Å². The Balaban J connectivity index is 1.52. The molecule has 1 N–H and O–H groups in total. The molecule has 1 aliphatic rings. The number of nitrogens with one attached hydrogen (secondary N) is 1. The maximum absolute atomic E-state index is 12.3. The topological polar surface area (TPSA) is 80.1 Å². The van der Waals surface area contributed by atoms with Crippen molar-refractivity contribution in [2.45, 2.75) is 37.8 Å². The van der Waals surface area contributed by atoms with E-state index in [1.165, 1.54) is 24.6 Å². The molecule has 0 atom stereocenters. The molecule has 0 unspecified atom stereocenters. The van der Waals surface area contributed by atoms with E-state index in [4.69, 9.17) is 0 Å². The third-order valence-electron chi connectivity index (χ3n) is 4.61. The highest BCUT2D eigenvalue weighted by Crippen LogP contribution is 2.39. The predicted molar refractivity (Wildman–Crippen MR) is 106 cm³/mol. The molecule has 0 radical (unpaired) electrons. The Bertz CT molecular complexity index is 810. The van der Waals surface area contributed by atoms with Gasteiger partial charge >= 0.3 is 0 Å². The molecule has 1 heterocycles. The average Bonchev–Trinajstić information content (AvgIpc) is 3.45. The molecule has 0 spiro atoms. The number of hydrogen-bond acceptors (Lipinski definition) is 5. The molecule has 1 aromatic carbocycles. The molecule has 2 aromatic rings. The Morgan fingerprint density at radius 2 is 1.85 bits per heavy atom. The van der Waals surface area contributed by atoms with Crippen LogP contribution in [0.5, 0.6) is 0 Å². The van der Waals surface area contributed by atoms with Crippen LogP contribution in [0.25, 0.3) is 0 Å². The fourth-order valence-electron chi connectivity index (χ4n) is 2.87. The van der Waals surface area contributed by atoms with Gasteiger partial charge in [0.15, 0.2) is 5.16 Å². The van der Waals surface area contributed by atoms with Gasteiger partial charge in [0.2, 0.25) is 5.91 Å². The summed E-state index contributed by atoms with van der Waals surface area (Å²) in [6, 6.07) is 7.00. The number of benzene rings is 1. The van der Waals surface area contributed by atoms with Crippen molar-refractivity contribution in [3.63, 3.8) is 0 Å². The summed E-state index contributed by atoms with van der Waals surface area (Å²) >= 11 is 1.37. The first-order valence-corrected chi connectivity index (χ1v) is 10.2. The summed E-state index contributed by atoms with van der Waals surface area (Å²) in [6.07, 6.45) is 2.34. The quantitative estimate of drug-likeness (QED) is 0.705. The lowest BCUT2D eigenvalue weighted by molar-refractivity contribution is -0.113. The molecule has 0 saturated heterocycles. The van der Waals surface area contributed by atoms with Gasteiger partial charge in [0.05, 0.1) is 5.75 Å². The largest absolute Gasteiger partial charge is 0.339 e. The van der Waals surface area contributed by atoms with Crippen molar-refractivity contribution in [2.24, 2.45) is 7.05 Å². The molecule has 1 fully saturated rings. The van der Waals surface area contributed by atoms with Gasteiger partial charge < -0.3 is 14.8 Å². The van der Waals surface area contributed by atoms with E-state index in [2.05, 4.69) is 15.5 Å². The minimum Gasteiger partial charge on any atom is -0.339 e. The Kier molecular flexibility index (Phi) is 6.15. The molecule has 3 rings (SSSR count). The summed E-state index contributed by atoms with van der Waals surface area (Å²) in [6.45, 7) is 5.27. The van der Waals surface area contributed by atoms with E-state index < -0.39 is 0 Å². The Morgan fingerprint density at radius 3 is 2.44 bits per heavy atom. The van der Waals surface area contributed by atoms with Crippen LogP contribution in [0.3, 0.4) is 0 Å². The molecule has 1 aliphatic carbocycles. The normalized spacial score (nSPS) is 13.4. The minimum atomic E-state index is -0.112. The number of anilines is 1. The van der Waals surface area contributed by atoms with E-state index in [-0.39, 0.29) is 17.6 Å². The monoisotopic (exact) mass is 387 g/mol. The molecule has 8 heteroatoms. The Morgan fingerprint density at radius 1 is 1.19 bits per heavy atom. The highest BCUT2D eigenvalue weighted by molar-refractivity contribution is 7.99. The molecule has 2 amide bonds. The van der Waals surface area contributed by atoms with Crippen molar-refractivity contribution in [1.82, 2.24) is 19.7 Å². The number of rotatable bonds is 8. The van der Waals surface area contributed by atoms with E-state index >= 15 is 0 Å². The van der Waals surface area contributed by atoms with Gasteiger partial charge in [-0.2, -0.15) is 0 Å². The highest BCUT2D eigenvalue weighted by Gasteiger charge is 2.29. The molecule has 0 aliphatic heterocycles. The van der Waals surface area contributed by atoms with Crippen LogP contribution in [0.15, 0.2) is 29.4 Å². The summed E-state index contributed by atoms with van der Waals surface area (Å²) in [7, 11) is 1.94. The van der Waals surface area contributed by atoms with Gasteiger partial charge in [-0.05, 0) is 51.0 Å². The molecule has 1 aromatic heterocycles. The lowest BCUT2D eigenvalue weighted by Gasteiger charge is -2.18. The van der Waals surface area contributed by atoms with Crippen molar-refractivity contribution in [3.8, 4) is 0 Å². The van der Waals surface area contributed by atoms with E-state index in [1.54, 1.807) is 29.2 Å². The summed E-state index contributed by atoms with van der Waals surface area (Å²) in [4.78, 5) is 26.3. The summed E-state index contributed by atoms with van der Waals surface area (Å²) in [5, 5.41) is 12.0. The number of carbonyl (C=O) groups is 2. The first-order valence-electron chi connectivity index (χ1n) is 9.24. The number of thioether (sulfide) groups is 1. The second-order valence-corrected chi connectivity index (χ2v) is 7.51. The van der Waals surface area contributed by atoms with E-state index in [0.29, 0.717) is 30.3 Å². The smallest absolute Gasteiger partial charge is 0.253 e. The van der Waals surface area contributed by atoms with Crippen LogP contribution >= 0.6 is 11.8 Å². The van der Waals surface area contributed by atoms with Crippen LogP contribution in [0.4, 0.5) is 5.69 Å². The van der Waals surface area contributed by atoms with Crippen molar-refractivity contribution < 1.29 is 9.59 Å². The lowest BCUT2D eigenvalue weighted by Crippen LogP contribution is -2.30. The Hall–Kier alpha value is -2.35. The zero-order valence-electron chi connectivity index (χ0n) is 15.9. The molecular formula is C19H25N5O2S. The number of hydrogen-bond donors (Lipinski definition) is 1. The maximum atomic E-state index is 12.3. The van der Waals surface area contributed by atoms with Crippen LogP contribution < -0.4 is 5.32 Å². The van der Waals surface area contributed by atoms with Crippen molar-refractivity contribution in [2.75, 3.05) is 24.2 Å². The zero-order valence-corrected chi connectivity index (χ0v) is 16.8. The minimum absolute atomic E-state index is 0.00202. The van der Waals surface area contributed by atoms with Gasteiger partial charge in [0, 0.05) is 37.3 Å².